The average Bonchev–Trinajstić information content (AvgIpc) is 2.55. The van der Waals surface area contributed by atoms with Crippen LogP contribution in [0.4, 0.5) is 10.6 Å². The molecule has 0 unspecified atom stereocenters. The maximum absolute atomic E-state index is 12.3. The molecule has 9 heteroatoms. The maximum Gasteiger partial charge on any atom is 0.408 e. The fourth-order valence-corrected chi connectivity index (χ4v) is 3.77. The molecule has 0 bridgehead atoms. The van der Waals surface area contributed by atoms with E-state index in [1.807, 2.05) is 34.6 Å². The molecule has 2 aromatic heterocycles. The van der Waals surface area contributed by atoms with Gasteiger partial charge in [0.1, 0.15) is 16.6 Å². The second-order valence-corrected chi connectivity index (χ2v) is 9.16. The molecule has 0 aliphatic carbocycles. The van der Waals surface area contributed by atoms with Crippen LogP contribution in [0.5, 0.6) is 0 Å². The number of carbonyl (C=O) groups excluding carboxylic acids is 1. The standard InChI is InChI=1S/C19H25Cl2N5O2/c1-11-13-12(9-22-14(11)20)15(24-16(21)23-13)26-8-6-7-19(5,10-26)25-17(27)28-18(2,3)4/h9H,6-8,10H2,1-5H3,(H,25,27)/t19-/m1/s1. The first-order chi connectivity index (χ1) is 13.0. The van der Waals surface area contributed by atoms with E-state index in [0.29, 0.717) is 23.0 Å². The van der Waals surface area contributed by atoms with Gasteiger partial charge in [-0.15, -0.1) is 0 Å². The fourth-order valence-electron chi connectivity index (χ4n) is 3.46. The third-order valence-electron chi connectivity index (χ3n) is 4.67. The second-order valence-electron chi connectivity index (χ2n) is 8.47. The number of fused-ring (bicyclic) bond motifs is 1. The van der Waals surface area contributed by atoms with Crippen LogP contribution >= 0.6 is 23.2 Å². The van der Waals surface area contributed by atoms with Crippen molar-refractivity contribution in [2.45, 2.75) is 58.6 Å². The zero-order chi connectivity index (χ0) is 20.7. The Balaban J connectivity index is 1.90. The summed E-state index contributed by atoms with van der Waals surface area (Å²) in [5, 5.41) is 4.35. The number of nitrogens with one attached hydrogen (secondary N) is 1. The number of pyridine rings is 1. The number of ether oxygens (including phenoxy) is 1. The van der Waals surface area contributed by atoms with Crippen LogP contribution in [0.3, 0.4) is 0 Å². The van der Waals surface area contributed by atoms with E-state index in [9.17, 15) is 4.79 Å². The highest BCUT2D eigenvalue weighted by Crippen LogP contribution is 2.33. The van der Waals surface area contributed by atoms with Crippen LogP contribution in [0.1, 0.15) is 46.1 Å². The van der Waals surface area contributed by atoms with Crippen molar-refractivity contribution in [3.05, 3.63) is 22.2 Å². The molecule has 1 aliphatic heterocycles. The van der Waals surface area contributed by atoms with Crippen LogP contribution in [-0.4, -0.2) is 45.3 Å². The summed E-state index contributed by atoms with van der Waals surface area (Å²) in [6.07, 6.45) is 2.97. The van der Waals surface area contributed by atoms with E-state index in [4.69, 9.17) is 27.9 Å². The van der Waals surface area contributed by atoms with Gasteiger partial charge in [0, 0.05) is 24.8 Å². The molecule has 152 valence electrons. The molecule has 0 aromatic carbocycles. The summed E-state index contributed by atoms with van der Waals surface area (Å²) in [6, 6.07) is 0. The molecular weight excluding hydrogens is 401 g/mol. The molecule has 1 N–H and O–H groups in total. The Hall–Kier alpha value is -1.86. The topological polar surface area (TPSA) is 80.2 Å². The van der Waals surface area contributed by atoms with Gasteiger partial charge in [-0.2, -0.15) is 4.98 Å². The largest absolute Gasteiger partial charge is 0.444 e. The molecule has 1 amide bonds. The lowest BCUT2D eigenvalue weighted by molar-refractivity contribution is 0.0454. The van der Waals surface area contributed by atoms with Crippen molar-refractivity contribution in [3.8, 4) is 0 Å². The van der Waals surface area contributed by atoms with Crippen molar-refractivity contribution in [3.63, 3.8) is 0 Å². The van der Waals surface area contributed by atoms with Crippen molar-refractivity contribution in [1.82, 2.24) is 20.3 Å². The smallest absolute Gasteiger partial charge is 0.408 e. The van der Waals surface area contributed by atoms with E-state index in [1.54, 1.807) is 6.20 Å². The summed E-state index contributed by atoms with van der Waals surface area (Å²) in [5.41, 5.74) is 0.436. The van der Waals surface area contributed by atoms with Gasteiger partial charge in [0.05, 0.1) is 16.4 Å². The van der Waals surface area contributed by atoms with E-state index < -0.39 is 17.2 Å². The van der Waals surface area contributed by atoms with Gasteiger partial charge in [-0.05, 0) is 59.1 Å². The normalized spacial score (nSPS) is 20.3. The number of aromatic nitrogens is 3. The zero-order valence-corrected chi connectivity index (χ0v) is 18.3. The molecular formula is C19H25Cl2N5O2. The second kappa shape index (κ2) is 7.52. The number of halogens is 2. The zero-order valence-electron chi connectivity index (χ0n) is 16.8. The summed E-state index contributed by atoms with van der Waals surface area (Å²) in [6.45, 7) is 10.8. The monoisotopic (exact) mass is 425 g/mol. The minimum Gasteiger partial charge on any atom is -0.444 e. The number of nitrogens with zero attached hydrogens (tertiary/aromatic N) is 4. The fraction of sp³-hybridized carbons (Fsp3) is 0.579. The Labute approximate surface area is 174 Å². The van der Waals surface area contributed by atoms with Crippen LogP contribution in [-0.2, 0) is 4.74 Å². The number of hydrogen-bond donors (Lipinski definition) is 1. The van der Waals surface area contributed by atoms with Crippen LogP contribution in [0.2, 0.25) is 10.4 Å². The minimum atomic E-state index is -0.548. The van der Waals surface area contributed by atoms with E-state index in [0.717, 1.165) is 30.3 Å². The minimum absolute atomic E-state index is 0.153. The molecule has 1 atom stereocenters. The molecule has 1 fully saturated rings. The maximum atomic E-state index is 12.3. The number of anilines is 1. The molecule has 0 radical (unpaired) electrons. The first-order valence-electron chi connectivity index (χ1n) is 9.22. The molecule has 0 saturated carbocycles. The third-order valence-corrected chi connectivity index (χ3v) is 5.22. The van der Waals surface area contributed by atoms with E-state index in [1.165, 1.54) is 0 Å². The molecule has 2 aromatic rings. The summed E-state index contributed by atoms with van der Waals surface area (Å²) in [5.74, 6) is 0.694. The van der Waals surface area contributed by atoms with E-state index in [-0.39, 0.29) is 5.28 Å². The van der Waals surface area contributed by atoms with Crippen molar-refractivity contribution >= 4 is 46.0 Å². The van der Waals surface area contributed by atoms with E-state index in [2.05, 4.69) is 25.2 Å². The SMILES string of the molecule is Cc1c(Cl)ncc2c(N3CCC[C@@](C)(NC(=O)OC(C)(C)C)C3)nc(Cl)nc12. The van der Waals surface area contributed by atoms with Gasteiger partial charge in [0.25, 0.3) is 0 Å². The molecule has 7 nitrogen and oxygen atoms in total. The summed E-state index contributed by atoms with van der Waals surface area (Å²) >= 11 is 12.3. The predicted molar refractivity (Wildman–Crippen MR) is 111 cm³/mol. The summed E-state index contributed by atoms with van der Waals surface area (Å²) < 4.78 is 5.42. The third kappa shape index (κ3) is 4.58. The van der Waals surface area contributed by atoms with Crippen molar-refractivity contribution < 1.29 is 9.53 Å². The van der Waals surface area contributed by atoms with Crippen LogP contribution in [0.25, 0.3) is 10.9 Å². The van der Waals surface area contributed by atoms with Crippen LogP contribution in [0.15, 0.2) is 6.20 Å². The number of amides is 1. The first kappa shape index (κ1) is 20.9. The molecule has 1 saturated heterocycles. The highest BCUT2D eigenvalue weighted by molar-refractivity contribution is 6.31. The molecule has 28 heavy (non-hydrogen) atoms. The average molecular weight is 426 g/mol. The van der Waals surface area contributed by atoms with Gasteiger partial charge in [-0.25, -0.2) is 14.8 Å². The van der Waals surface area contributed by atoms with Gasteiger partial charge in [0.15, 0.2) is 0 Å². The van der Waals surface area contributed by atoms with Crippen LogP contribution in [0, 0.1) is 6.92 Å². The highest BCUT2D eigenvalue weighted by atomic mass is 35.5. The Bertz CT molecular complexity index is 915. The molecule has 0 spiro atoms. The number of carbonyl (C=O) groups is 1. The summed E-state index contributed by atoms with van der Waals surface area (Å²) in [4.78, 5) is 27.4. The van der Waals surface area contributed by atoms with Gasteiger partial charge in [-0.1, -0.05) is 11.6 Å². The lowest BCUT2D eigenvalue weighted by Gasteiger charge is -2.41. The number of alkyl carbamates (subject to hydrolysis) is 1. The number of hydrogen-bond acceptors (Lipinski definition) is 6. The lowest BCUT2D eigenvalue weighted by Crippen LogP contribution is -2.57. The lowest BCUT2D eigenvalue weighted by atomic mass is 9.91. The number of rotatable bonds is 2. The van der Waals surface area contributed by atoms with Gasteiger partial charge in [-0.3, -0.25) is 0 Å². The Morgan fingerprint density at radius 3 is 2.71 bits per heavy atom. The highest BCUT2D eigenvalue weighted by Gasteiger charge is 2.35. The van der Waals surface area contributed by atoms with Crippen molar-refractivity contribution in [1.29, 1.82) is 0 Å². The number of piperidine rings is 1. The molecule has 3 rings (SSSR count). The number of aryl methyl sites for hydroxylation is 1. The van der Waals surface area contributed by atoms with Crippen molar-refractivity contribution in [2.75, 3.05) is 18.0 Å². The van der Waals surface area contributed by atoms with Crippen LogP contribution < -0.4 is 10.2 Å². The first-order valence-corrected chi connectivity index (χ1v) is 9.97. The van der Waals surface area contributed by atoms with Crippen molar-refractivity contribution in [2.24, 2.45) is 0 Å². The Kier molecular flexibility index (Phi) is 5.60. The predicted octanol–water partition coefficient (Wildman–Crippen LogP) is 4.52. The Morgan fingerprint density at radius 2 is 2.04 bits per heavy atom. The quantitative estimate of drug-likeness (QED) is 0.562. The van der Waals surface area contributed by atoms with Gasteiger partial charge in [0.2, 0.25) is 5.28 Å². The Morgan fingerprint density at radius 1 is 1.32 bits per heavy atom. The summed E-state index contributed by atoms with van der Waals surface area (Å²) in [7, 11) is 0. The molecule has 3 heterocycles. The van der Waals surface area contributed by atoms with Gasteiger partial charge < -0.3 is 15.0 Å². The van der Waals surface area contributed by atoms with Gasteiger partial charge >= 0.3 is 6.09 Å². The van der Waals surface area contributed by atoms with E-state index >= 15 is 0 Å². The molecule has 1 aliphatic rings.